The van der Waals surface area contributed by atoms with E-state index in [0.29, 0.717) is 22.1 Å². The van der Waals surface area contributed by atoms with Gasteiger partial charge < -0.3 is 14.6 Å². The largest absolute Gasteiger partial charge is 0.507 e. The Balaban J connectivity index is 1.97. The lowest BCUT2D eigenvalue weighted by Crippen LogP contribution is -2.29. The van der Waals surface area contributed by atoms with Gasteiger partial charge in [-0.05, 0) is 67.9 Å². The van der Waals surface area contributed by atoms with Gasteiger partial charge in [-0.15, -0.1) is 0 Å². The minimum atomic E-state index is -1.04. The van der Waals surface area contributed by atoms with Crippen molar-refractivity contribution in [2.45, 2.75) is 19.9 Å². The fourth-order valence-electron chi connectivity index (χ4n) is 3.54. The van der Waals surface area contributed by atoms with Gasteiger partial charge in [-0.1, -0.05) is 17.7 Å². The van der Waals surface area contributed by atoms with Crippen LogP contribution in [0.2, 0.25) is 5.02 Å². The molecule has 4 rings (SSSR count). The number of phenolic OH excluding ortho intramolecular Hbond substituents is 1. The molecule has 0 aliphatic carbocycles. The lowest BCUT2D eigenvalue weighted by molar-refractivity contribution is -0.132. The minimum Gasteiger partial charge on any atom is -0.507 e. The summed E-state index contributed by atoms with van der Waals surface area (Å²) in [6, 6.07) is 13.3. The van der Waals surface area contributed by atoms with Crippen LogP contribution in [0.15, 0.2) is 64.6 Å². The van der Waals surface area contributed by atoms with E-state index in [1.807, 2.05) is 0 Å². The number of aliphatic hydroxyl groups excluding tert-OH is 1. The van der Waals surface area contributed by atoms with Gasteiger partial charge in [0.2, 0.25) is 0 Å². The summed E-state index contributed by atoms with van der Waals surface area (Å²) < 4.78 is 5.73. The zero-order chi connectivity index (χ0) is 21.6. The van der Waals surface area contributed by atoms with Gasteiger partial charge in [0.05, 0.1) is 11.3 Å². The van der Waals surface area contributed by atoms with Crippen LogP contribution < -0.4 is 4.90 Å². The topological polar surface area (TPSA) is 91.0 Å². The number of hydrogen-bond acceptors (Lipinski definition) is 5. The molecule has 0 bridgehead atoms. The second-order valence-corrected chi connectivity index (χ2v) is 7.55. The normalized spacial score (nSPS) is 18.2. The molecule has 1 aromatic heterocycles. The van der Waals surface area contributed by atoms with Gasteiger partial charge >= 0.3 is 0 Å². The maximum absolute atomic E-state index is 13.0. The Labute approximate surface area is 177 Å². The van der Waals surface area contributed by atoms with Crippen LogP contribution in [0.1, 0.15) is 28.7 Å². The Morgan fingerprint density at radius 1 is 1.03 bits per heavy atom. The number of aliphatic hydroxyl groups is 1. The number of anilines is 1. The molecule has 6 nitrogen and oxygen atoms in total. The van der Waals surface area contributed by atoms with Crippen LogP contribution in [0.4, 0.5) is 5.69 Å². The standard InChI is InChI=1S/C23H18ClNO5/c1-12-3-9-17(26)16(11-12)25-20(18-10-4-13(2)30-18)19(22(28)23(25)29)21(27)14-5-7-15(24)8-6-14/h3-11,20,26-27H,1-2H3/b21-19-. The van der Waals surface area contributed by atoms with E-state index in [2.05, 4.69) is 0 Å². The highest BCUT2D eigenvalue weighted by Crippen LogP contribution is 2.45. The van der Waals surface area contributed by atoms with Crippen LogP contribution in [0.5, 0.6) is 5.75 Å². The van der Waals surface area contributed by atoms with Crippen LogP contribution in [0, 0.1) is 13.8 Å². The van der Waals surface area contributed by atoms with Crippen molar-refractivity contribution in [3.8, 4) is 5.75 Å². The Morgan fingerprint density at radius 2 is 1.73 bits per heavy atom. The van der Waals surface area contributed by atoms with Gasteiger partial charge in [0.1, 0.15) is 29.1 Å². The van der Waals surface area contributed by atoms with Crippen molar-refractivity contribution in [2.24, 2.45) is 0 Å². The minimum absolute atomic E-state index is 0.127. The van der Waals surface area contributed by atoms with Crippen LogP contribution in [-0.4, -0.2) is 21.9 Å². The first-order chi connectivity index (χ1) is 14.3. The molecular formula is C23H18ClNO5. The highest BCUT2D eigenvalue weighted by Gasteiger charge is 2.49. The number of phenols is 1. The van der Waals surface area contributed by atoms with Crippen LogP contribution >= 0.6 is 11.6 Å². The number of Topliss-reactive ketones (excluding diaryl/α,β-unsaturated/α-hetero) is 1. The highest BCUT2D eigenvalue weighted by atomic mass is 35.5. The van der Waals surface area contributed by atoms with E-state index in [4.69, 9.17) is 16.0 Å². The van der Waals surface area contributed by atoms with E-state index < -0.39 is 17.7 Å². The van der Waals surface area contributed by atoms with E-state index >= 15 is 0 Å². The third-order valence-corrected chi connectivity index (χ3v) is 5.24. The van der Waals surface area contributed by atoms with Crippen molar-refractivity contribution in [3.05, 3.63) is 87.8 Å². The smallest absolute Gasteiger partial charge is 0.300 e. The first-order valence-electron chi connectivity index (χ1n) is 9.21. The Kier molecular flexibility index (Phi) is 4.87. The van der Waals surface area contributed by atoms with Gasteiger partial charge in [-0.25, -0.2) is 0 Å². The van der Waals surface area contributed by atoms with Crippen molar-refractivity contribution >= 4 is 34.7 Å². The molecule has 30 heavy (non-hydrogen) atoms. The molecule has 0 saturated carbocycles. The zero-order valence-corrected chi connectivity index (χ0v) is 17.0. The molecule has 1 atom stereocenters. The van der Waals surface area contributed by atoms with Crippen molar-refractivity contribution in [2.75, 3.05) is 4.90 Å². The number of carbonyl (C=O) groups is 2. The van der Waals surface area contributed by atoms with Gasteiger partial charge in [0.15, 0.2) is 0 Å². The summed E-state index contributed by atoms with van der Waals surface area (Å²) in [5.41, 5.74) is 1.15. The molecule has 0 spiro atoms. The Bertz CT molecular complexity index is 1190. The highest BCUT2D eigenvalue weighted by molar-refractivity contribution is 6.51. The summed E-state index contributed by atoms with van der Waals surface area (Å²) in [6.45, 7) is 3.54. The second kappa shape index (κ2) is 7.39. The third kappa shape index (κ3) is 3.25. The number of amides is 1. The fraction of sp³-hybridized carbons (Fsp3) is 0.130. The molecule has 2 heterocycles. The number of ketones is 1. The van der Waals surface area contributed by atoms with Gasteiger partial charge in [-0.3, -0.25) is 14.5 Å². The SMILES string of the molecule is Cc1ccc(O)c(N2C(=O)C(=O)/C(=C(\O)c3ccc(Cl)cc3)C2c2ccc(C)o2)c1. The number of aryl methyl sites for hydroxylation is 2. The lowest BCUT2D eigenvalue weighted by Gasteiger charge is -2.24. The fourth-order valence-corrected chi connectivity index (χ4v) is 3.67. The maximum atomic E-state index is 13.0. The second-order valence-electron chi connectivity index (χ2n) is 7.12. The summed E-state index contributed by atoms with van der Waals surface area (Å²) in [6.07, 6.45) is 0. The summed E-state index contributed by atoms with van der Waals surface area (Å²) in [7, 11) is 0. The number of nitrogens with zero attached hydrogens (tertiary/aromatic N) is 1. The van der Waals surface area contributed by atoms with E-state index in [-0.39, 0.29) is 22.8 Å². The van der Waals surface area contributed by atoms with E-state index in [1.54, 1.807) is 62.4 Å². The van der Waals surface area contributed by atoms with Crippen LogP contribution in [0.25, 0.3) is 5.76 Å². The van der Waals surface area contributed by atoms with Crippen molar-refractivity contribution < 1.29 is 24.2 Å². The first-order valence-corrected chi connectivity index (χ1v) is 9.58. The third-order valence-electron chi connectivity index (χ3n) is 4.98. The van der Waals surface area contributed by atoms with Gasteiger partial charge in [-0.2, -0.15) is 0 Å². The average Bonchev–Trinajstić information content (AvgIpc) is 3.25. The first kappa shape index (κ1) is 19.8. The molecule has 2 aromatic carbocycles. The van der Waals surface area contributed by atoms with Crippen molar-refractivity contribution in [1.82, 2.24) is 0 Å². The molecule has 1 unspecified atom stereocenters. The quantitative estimate of drug-likeness (QED) is 0.356. The molecule has 152 valence electrons. The molecule has 3 aromatic rings. The van der Waals surface area contributed by atoms with Crippen LogP contribution in [0.3, 0.4) is 0 Å². The number of furan rings is 1. The molecule has 1 aliphatic heterocycles. The van der Waals surface area contributed by atoms with Crippen molar-refractivity contribution in [3.63, 3.8) is 0 Å². The molecule has 1 fully saturated rings. The number of rotatable bonds is 3. The van der Waals surface area contributed by atoms with Gasteiger partial charge in [0.25, 0.3) is 11.7 Å². The molecule has 2 N–H and O–H groups in total. The molecule has 1 aliphatic rings. The van der Waals surface area contributed by atoms with Crippen molar-refractivity contribution in [1.29, 1.82) is 0 Å². The van der Waals surface area contributed by atoms with E-state index in [1.165, 1.54) is 6.07 Å². The van der Waals surface area contributed by atoms with E-state index in [0.717, 1.165) is 10.5 Å². The number of benzene rings is 2. The number of halogens is 1. The molecule has 0 radical (unpaired) electrons. The monoisotopic (exact) mass is 423 g/mol. The zero-order valence-electron chi connectivity index (χ0n) is 16.2. The summed E-state index contributed by atoms with van der Waals surface area (Å²) in [4.78, 5) is 27.2. The van der Waals surface area contributed by atoms with E-state index in [9.17, 15) is 19.8 Å². The van der Waals surface area contributed by atoms with Crippen LogP contribution in [-0.2, 0) is 9.59 Å². The predicted octanol–water partition coefficient (Wildman–Crippen LogP) is 4.88. The molecule has 1 saturated heterocycles. The maximum Gasteiger partial charge on any atom is 0.300 e. The molecule has 7 heteroatoms. The number of aromatic hydroxyl groups is 1. The lowest BCUT2D eigenvalue weighted by atomic mass is 9.99. The molecule has 1 amide bonds. The Morgan fingerprint density at radius 3 is 2.37 bits per heavy atom. The predicted molar refractivity (Wildman–Crippen MR) is 113 cm³/mol. The summed E-state index contributed by atoms with van der Waals surface area (Å²) in [5.74, 6) is -1.38. The number of hydrogen-bond donors (Lipinski definition) is 2. The summed E-state index contributed by atoms with van der Waals surface area (Å²) in [5, 5.41) is 21.8. The Hall–Kier alpha value is -3.51. The average molecular weight is 424 g/mol. The molecular weight excluding hydrogens is 406 g/mol. The summed E-state index contributed by atoms with van der Waals surface area (Å²) >= 11 is 5.92. The van der Waals surface area contributed by atoms with Gasteiger partial charge in [0, 0.05) is 10.6 Å². The number of carbonyl (C=O) groups excluding carboxylic acids is 2.